The predicted molar refractivity (Wildman–Crippen MR) is 55.4 cm³/mol. The standard InChI is InChI=1S/C9H20O3Si/c1-7(12-8(2)10)9(11-3)13(4,5)6/h7,9H,1-6H3. The summed E-state index contributed by atoms with van der Waals surface area (Å²) in [6, 6.07) is 0. The van der Waals surface area contributed by atoms with Crippen molar-refractivity contribution in [2.24, 2.45) is 0 Å². The monoisotopic (exact) mass is 204 g/mol. The lowest BCUT2D eigenvalue weighted by Crippen LogP contribution is -2.48. The molecule has 78 valence electrons. The van der Waals surface area contributed by atoms with E-state index in [9.17, 15) is 4.79 Å². The number of carbonyl (C=O) groups is 1. The molecule has 0 aromatic carbocycles. The van der Waals surface area contributed by atoms with E-state index in [4.69, 9.17) is 9.47 Å². The summed E-state index contributed by atoms with van der Waals surface area (Å²) < 4.78 is 10.5. The van der Waals surface area contributed by atoms with Crippen molar-refractivity contribution in [1.29, 1.82) is 0 Å². The lowest BCUT2D eigenvalue weighted by Gasteiger charge is -2.31. The van der Waals surface area contributed by atoms with Crippen molar-refractivity contribution in [3.63, 3.8) is 0 Å². The molecule has 13 heavy (non-hydrogen) atoms. The van der Waals surface area contributed by atoms with Gasteiger partial charge in [-0.25, -0.2) is 0 Å². The number of hydrogen-bond acceptors (Lipinski definition) is 3. The molecule has 0 aromatic rings. The van der Waals surface area contributed by atoms with Gasteiger partial charge in [-0.1, -0.05) is 19.6 Å². The van der Waals surface area contributed by atoms with Crippen molar-refractivity contribution >= 4 is 14.0 Å². The molecule has 0 saturated heterocycles. The Morgan fingerprint density at radius 1 is 1.31 bits per heavy atom. The molecule has 3 nitrogen and oxygen atoms in total. The molecular formula is C9H20O3Si. The van der Waals surface area contributed by atoms with Crippen molar-refractivity contribution in [2.45, 2.75) is 45.3 Å². The van der Waals surface area contributed by atoms with Crippen LogP contribution in [0.5, 0.6) is 0 Å². The third-order valence-corrected chi connectivity index (χ3v) is 4.30. The van der Waals surface area contributed by atoms with Crippen molar-refractivity contribution in [1.82, 2.24) is 0 Å². The van der Waals surface area contributed by atoms with Crippen LogP contribution in [-0.2, 0) is 14.3 Å². The maximum absolute atomic E-state index is 10.7. The van der Waals surface area contributed by atoms with E-state index in [0.717, 1.165) is 0 Å². The SMILES string of the molecule is COC(C(C)OC(C)=O)[Si](C)(C)C. The van der Waals surface area contributed by atoms with Gasteiger partial charge >= 0.3 is 5.97 Å². The molecule has 0 aliphatic heterocycles. The third-order valence-electron chi connectivity index (χ3n) is 1.89. The van der Waals surface area contributed by atoms with E-state index in [0.29, 0.717) is 0 Å². The van der Waals surface area contributed by atoms with Crippen LogP contribution in [-0.4, -0.2) is 33.0 Å². The van der Waals surface area contributed by atoms with Crippen molar-refractivity contribution < 1.29 is 14.3 Å². The molecule has 0 radical (unpaired) electrons. The van der Waals surface area contributed by atoms with Crippen molar-refractivity contribution in [2.75, 3.05) is 7.11 Å². The van der Waals surface area contributed by atoms with Crippen molar-refractivity contribution in [3.8, 4) is 0 Å². The van der Waals surface area contributed by atoms with Crippen LogP contribution in [0.4, 0.5) is 0 Å². The number of hydrogen-bond donors (Lipinski definition) is 0. The topological polar surface area (TPSA) is 35.5 Å². The van der Waals surface area contributed by atoms with E-state index < -0.39 is 8.07 Å². The minimum Gasteiger partial charge on any atom is -0.460 e. The van der Waals surface area contributed by atoms with Gasteiger partial charge in [0, 0.05) is 14.0 Å². The molecule has 4 heteroatoms. The van der Waals surface area contributed by atoms with Gasteiger partial charge < -0.3 is 9.47 Å². The van der Waals surface area contributed by atoms with Crippen LogP contribution < -0.4 is 0 Å². The number of ether oxygens (including phenoxy) is 2. The fraction of sp³-hybridized carbons (Fsp3) is 0.889. The van der Waals surface area contributed by atoms with Gasteiger partial charge in [-0.15, -0.1) is 0 Å². The summed E-state index contributed by atoms with van der Waals surface area (Å²) in [7, 11) is 0.254. The highest BCUT2D eigenvalue weighted by atomic mass is 28.3. The number of methoxy groups -OCH3 is 1. The summed E-state index contributed by atoms with van der Waals surface area (Å²) in [5.41, 5.74) is 0.0661. The molecule has 2 unspecified atom stereocenters. The molecule has 0 aliphatic rings. The van der Waals surface area contributed by atoms with Gasteiger partial charge in [0.1, 0.15) is 6.10 Å². The van der Waals surface area contributed by atoms with E-state index in [2.05, 4.69) is 19.6 Å². The lowest BCUT2D eigenvalue weighted by molar-refractivity contribution is -0.149. The van der Waals surface area contributed by atoms with Crippen LogP contribution in [0, 0.1) is 0 Å². The maximum Gasteiger partial charge on any atom is 0.302 e. The summed E-state index contributed by atoms with van der Waals surface area (Å²) >= 11 is 0. The van der Waals surface area contributed by atoms with E-state index in [1.807, 2.05) is 6.92 Å². The first-order valence-electron chi connectivity index (χ1n) is 4.49. The van der Waals surface area contributed by atoms with Crippen LogP contribution in [0.25, 0.3) is 0 Å². The highest BCUT2D eigenvalue weighted by Gasteiger charge is 2.33. The lowest BCUT2D eigenvalue weighted by atomic mass is 10.4. The zero-order valence-corrected chi connectivity index (χ0v) is 10.4. The zero-order valence-electron chi connectivity index (χ0n) is 9.38. The normalized spacial score (nSPS) is 16.5. The highest BCUT2D eigenvalue weighted by molar-refractivity contribution is 6.77. The molecule has 0 spiro atoms. The average Bonchev–Trinajstić information content (AvgIpc) is 1.82. The van der Waals surface area contributed by atoms with Crippen LogP contribution in [0.2, 0.25) is 19.6 Å². The summed E-state index contributed by atoms with van der Waals surface area (Å²) in [5.74, 6) is -0.243. The minimum absolute atomic E-state index is 0.0661. The van der Waals surface area contributed by atoms with Gasteiger partial charge in [-0.05, 0) is 6.92 Å². The smallest absolute Gasteiger partial charge is 0.302 e. The Morgan fingerprint density at radius 2 is 1.77 bits per heavy atom. The number of carbonyl (C=O) groups excluding carboxylic acids is 1. The van der Waals surface area contributed by atoms with Crippen molar-refractivity contribution in [3.05, 3.63) is 0 Å². The molecule has 0 amide bonds. The van der Waals surface area contributed by atoms with E-state index >= 15 is 0 Å². The van der Waals surface area contributed by atoms with Crippen LogP contribution in [0.1, 0.15) is 13.8 Å². The summed E-state index contributed by atoms with van der Waals surface area (Å²) in [4.78, 5) is 10.7. The largest absolute Gasteiger partial charge is 0.460 e. The van der Waals surface area contributed by atoms with E-state index in [-0.39, 0.29) is 17.8 Å². The molecule has 0 aromatic heterocycles. The molecule has 0 heterocycles. The van der Waals surface area contributed by atoms with Crippen LogP contribution in [0.15, 0.2) is 0 Å². The van der Waals surface area contributed by atoms with Gasteiger partial charge in [0.25, 0.3) is 0 Å². The molecule has 0 fully saturated rings. The van der Waals surface area contributed by atoms with E-state index in [1.54, 1.807) is 7.11 Å². The minimum atomic E-state index is -1.42. The second kappa shape index (κ2) is 4.76. The van der Waals surface area contributed by atoms with Gasteiger partial charge in [0.05, 0.1) is 13.8 Å². The molecule has 0 saturated carbocycles. The first-order chi connectivity index (χ1) is 5.79. The third kappa shape index (κ3) is 4.43. The Hall–Kier alpha value is -0.353. The zero-order chi connectivity index (χ0) is 10.6. The van der Waals surface area contributed by atoms with Gasteiger partial charge in [0.15, 0.2) is 0 Å². The number of esters is 1. The quantitative estimate of drug-likeness (QED) is 0.518. The average molecular weight is 204 g/mol. The second-order valence-electron chi connectivity index (χ2n) is 4.34. The number of rotatable bonds is 4. The first-order valence-corrected chi connectivity index (χ1v) is 8.06. The fourth-order valence-corrected chi connectivity index (χ4v) is 3.76. The second-order valence-corrected chi connectivity index (χ2v) is 9.64. The van der Waals surface area contributed by atoms with Gasteiger partial charge in [-0.3, -0.25) is 4.79 Å². The Balaban J connectivity index is 4.32. The molecule has 0 bridgehead atoms. The van der Waals surface area contributed by atoms with Gasteiger partial charge in [-0.2, -0.15) is 0 Å². The fourth-order valence-electron chi connectivity index (χ4n) is 1.57. The molecule has 0 rings (SSSR count). The van der Waals surface area contributed by atoms with E-state index in [1.165, 1.54) is 6.92 Å². The summed E-state index contributed by atoms with van der Waals surface area (Å²) in [6.07, 6.45) is -0.144. The molecule has 2 atom stereocenters. The molecular weight excluding hydrogens is 184 g/mol. The van der Waals surface area contributed by atoms with Gasteiger partial charge in [0.2, 0.25) is 0 Å². The molecule has 0 aliphatic carbocycles. The van der Waals surface area contributed by atoms with Crippen LogP contribution in [0.3, 0.4) is 0 Å². The Labute approximate surface area is 81.4 Å². The summed E-state index contributed by atoms with van der Waals surface area (Å²) in [6.45, 7) is 9.89. The Morgan fingerprint density at radius 3 is 2.00 bits per heavy atom. The maximum atomic E-state index is 10.7. The first kappa shape index (κ1) is 12.6. The Bertz CT molecular complexity index is 174. The predicted octanol–water partition coefficient (Wildman–Crippen LogP) is 1.83. The summed E-state index contributed by atoms with van der Waals surface area (Å²) in [5, 5.41) is 0. The Kier molecular flexibility index (Phi) is 4.63. The molecule has 0 N–H and O–H groups in total. The highest BCUT2D eigenvalue weighted by Crippen LogP contribution is 2.16. The van der Waals surface area contributed by atoms with Crippen LogP contribution >= 0.6 is 0 Å².